The number of rotatable bonds is 7. The minimum Gasteiger partial charge on any atom is -0.478 e. The van der Waals surface area contributed by atoms with Crippen LogP contribution in [-0.2, 0) is 11.3 Å². The van der Waals surface area contributed by atoms with Gasteiger partial charge in [-0.2, -0.15) is 0 Å². The summed E-state index contributed by atoms with van der Waals surface area (Å²) in [6, 6.07) is 4.21. The van der Waals surface area contributed by atoms with Crippen molar-refractivity contribution in [2.75, 3.05) is 40.3 Å². The number of pyridine rings is 1. The minimum absolute atomic E-state index is 0.0968. The zero-order valence-corrected chi connectivity index (χ0v) is 13.7. The zero-order chi connectivity index (χ0) is 15.9. The van der Waals surface area contributed by atoms with Gasteiger partial charge in [0.25, 0.3) is 0 Å². The molecule has 0 unspecified atom stereocenters. The molecular formula is C16H26N4O2. The van der Waals surface area contributed by atoms with Gasteiger partial charge in [0.1, 0.15) is 0 Å². The maximum Gasteiger partial charge on any atom is 0.234 e. The molecule has 122 valence electrons. The highest BCUT2D eigenvalue weighted by Gasteiger charge is 2.23. The number of hydrogen-bond donors (Lipinski definition) is 1. The average Bonchev–Trinajstić information content (AvgIpc) is 2.87. The summed E-state index contributed by atoms with van der Waals surface area (Å²) in [5.41, 5.74) is 1.17. The Morgan fingerprint density at radius 1 is 1.50 bits per heavy atom. The van der Waals surface area contributed by atoms with E-state index in [0.29, 0.717) is 19.0 Å². The second-order valence-electron chi connectivity index (χ2n) is 5.96. The highest BCUT2D eigenvalue weighted by molar-refractivity contribution is 5.78. The molecule has 0 radical (unpaired) electrons. The molecule has 1 amide bonds. The fraction of sp³-hybridized carbons (Fsp3) is 0.625. The molecular weight excluding hydrogens is 280 g/mol. The lowest BCUT2D eigenvalue weighted by molar-refractivity contribution is -0.122. The first-order valence-corrected chi connectivity index (χ1v) is 7.81. The molecule has 0 spiro atoms. The Bertz CT molecular complexity index is 476. The largest absolute Gasteiger partial charge is 0.478 e. The summed E-state index contributed by atoms with van der Waals surface area (Å²) in [5, 5.41) is 3.09. The van der Waals surface area contributed by atoms with E-state index < -0.39 is 0 Å². The smallest absolute Gasteiger partial charge is 0.234 e. The SMILES string of the molecule is CCOc1ccc(CN2CC[C@H](NC(=O)CN(C)C)C2)cn1. The van der Waals surface area contributed by atoms with Gasteiger partial charge in [-0.15, -0.1) is 0 Å². The van der Waals surface area contributed by atoms with Crippen LogP contribution in [-0.4, -0.2) is 67.1 Å². The molecule has 1 aromatic heterocycles. The predicted octanol–water partition coefficient (Wildman–Crippen LogP) is 0.732. The van der Waals surface area contributed by atoms with Gasteiger partial charge in [0, 0.05) is 37.9 Å². The number of likely N-dealkylation sites (tertiary alicyclic amines) is 1. The Labute approximate surface area is 132 Å². The Balaban J connectivity index is 1.77. The Morgan fingerprint density at radius 3 is 2.95 bits per heavy atom. The van der Waals surface area contributed by atoms with Crippen LogP contribution in [0.15, 0.2) is 18.3 Å². The molecule has 1 saturated heterocycles. The van der Waals surface area contributed by atoms with Crippen molar-refractivity contribution in [2.45, 2.75) is 25.9 Å². The van der Waals surface area contributed by atoms with Crippen molar-refractivity contribution < 1.29 is 9.53 Å². The monoisotopic (exact) mass is 306 g/mol. The van der Waals surface area contributed by atoms with E-state index in [-0.39, 0.29) is 11.9 Å². The fourth-order valence-corrected chi connectivity index (χ4v) is 2.65. The summed E-state index contributed by atoms with van der Waals surface area (Å²) in [7, 11) is 3.80. The van der Waals surface area contributed by atoms with E-state index in [1.54, 1.807) is 0 Å². The topological polar surface area (TPSA) is 57.7 Å². The van der Waals surface area contributed by atoms with Crippen LogP contribution in [0.1, 0.15) is 18.9 Å². The highest BCUT2D eigenvalue weighted by Crippen LogP contribution is 2.15. The van der Waals surface area contributed by atoms with Crippen molar-refractivity contribution in [1.82, 2.24) is 20.1 Å². The fourth-order valence-electron chi connectivity index (χ4n) is 2.65. The first-order chi connectivity index (χ1) is 10.6. The van der Waals surface area contributed by atoms with E-state index >= 15 is 0 Å². The molecule has 0 bridgehead atoms. The molecule has 1 aliphatic heterocycles. The molecule has 0 aliphatic carbocycles. The first kappa shape index (κ1) is 16.7. The summed E-state index contributed by atoms with van der Waals surface area (Å²) in [6.07, 6.45) is 2.87. The van der Waals surface area contributed by atoms with Crippen LogP contribution in [0.3, 0.4) is 0 Å². The molecule has 1 aliphatic rings. The quantitative estimate of drug-likeness (QED) is 0.805. The average molecular weight is 306 g/mol. The third-order valence-corrected chi connectivity index (χ3v) is 3.59. The molecule has 1 fully saturated rings. The lowest BCUT2D eigenvalue weighted by Crippen LogP contribution is -2.41. The maximum atomic E-state index is 11.8. The lowest BCUT2D eigenvalue weighted by atomic mass is 10.2. The number of nitrogens with one attached hydrogen (secondary N) is 1. The van der Waals surface area contributed by atoms with Crippen LogP contribution in [0.25, 0.3) is 0 Å². The Morgan fingerprint density at radius 2 is 2.32 bits per heavy atom. The number of ether oxygens (including phenoxy) is 1. The number of carbonyl (C=O) groups is 1. The van der Waals surface area contributed by atoms with Gasteiger partial charge in [0.05, 0.1) is 13.2 Å². The number of nitrogens with zero attached hydrogens (tertiary/aromatic N) is 3. The van der Waals surface area contributed by atoms with Crippen molar-refractivity contribution in [1.29, 1.82) is 0 Å². The van der Waals surface area contributed by atoms with Gasteiger partial charge < -0.3 is 15.0 Å². The van der Waals surface area contributed by atoms with E-state index in [1.807, 2.05) is 38.2 Å². The standard InChI is InChI=1S/C16H26N4O2/c1-4-22-16-6-5-13(9-17-16)10-20-8-7-14(11-20)18-15(21)12-19(2)3/h5-6,9,14H,4,7-8,10-12H2,1-3H3,(H,18,21)/t14-/m0/s1. The molecule has 1 aromatic rings. The van der Waals surface area contributed by atoms with Gasteiger partial charge in [0.2, 0.25) is 11.8 Å². The summed E-state index contributed by atoms with van der Waals surface area (Å²) in [6.45, 7) is 5.78. The van der Waals surface area contributed by atoms with E-state index in [0.717, 1.165) is 26.1 Å². The van der Waals surface area contributed by atoms with Gasteiger partial charge in [-0.1, -0.05) is 6.07 Å². The molecule has 1 atom stereocenters. The minimum atomic E-state index is 0.0968. The molecule has 0 saturated carbocycles. The predicted molar refractivity (Wildman–Crippen MR) is 85.8 cm³/mol. The third-order valence-electron chi connectivity index (χ3n) is 3.59. The van der Waals surface area contributed by atoms with Crippen molar-refractivity contribution >= 4 is 5.91 Å². The van der Waals surface area contributed by atoms with Crippen molar-refractivity contribution in [2.24, 2.45) is 0 Å². The van der Waals surface area contributed by atoms with Gasteiger partial charge in [-0.3, -0.25) is 9.69 Å². The molecule has 22 heavy (non-hydrogen) atoms. The van der Waals surface area contributed by atoms with Crippen LogP contribution in [0.4, 0.5) is 0 Å². The van der Waals surface area contributed by atoms with Crippen LogP contribution in [0.5, 0.6) is 5.88 Å². The molecule has 1 N–H and O–H groups in total. The number of hydrogen-bond acceptors (Lipinski definition) is 5. The van der Waals surface area contributed by atoms with Gasteiger partial charge in [-0.25, -0.2) is 4.98 Å². The van der Waals surface area contributed by atoms with Crippen LogP contribution in [0.2, 0.25) is 0 Å². The van der Waals surface area contributed by atoms with Gasteiger partial charge in [-0.05, 0) is 33.0 Å². The molecule has 6 nitrogen and oxygen atoms in total. The van der Waals surface area contributed by atoms with Gasteiger partial charge in [0.15, 0.2) is 0 Å². The van der Waals surface area contributed by atoms with E-state index in [9.17, 15) is 4.79 Å². The van der Waals surface area contributed by atoms with Crippen molar-refractivity contribution in [3.63, 3.8) is 0 Å². The number of aromatic nitrogens is 1. The number of likely N-dealkylation sites (N-methyl/N-ethyl adjacent to an activating group) is 1. The Kier molecular flexibility index (Phi) is 6.15. The summed E-state index contributed by atoms with van der Waals surface area (Å²) in [5.74, 6) is 0.765. The Hall–Kier alpha value is -1.66. The van der Waals surface area contributed by atoms with E-state index in [4.69, 9.17) is 4.74 Å². The molecule has 6 heteroatoms. The van der Waals surface area contributed by atoms with E-state index in [2.05, 4.69) is 21.3 Å². The summed E-state index contributed by atoms with van der Waals surface area (Å²) < 4.78 is 5.35. The zero-order valence-electron chi connectivity index (χ0n) is 13.7. The maximum absolute atomic E-state index is 11.8. The number of carbonyl (C=O) groups excluding carboxylic acids is 1. The normalized spacial score (nSPS) is 18.6. The second kappa shape index (κ2) is 8.10. The van der Waals surface area contributed by atoms with Crippen LogP contribution < -0.4 is 10.1 Å². The van der Waals surface area contributed by atoms with Crippen molar-refractivity contribution in [3.05, 3.63) is 23.9 Å². The van der Waals surface area contributed by atoms with Gasteiger partial charge >= 0.3 is 0 Å². The third kappa shape index (κ3) is 5.27. The van der Waals surface area contributed by atoms with Crippen molar-refractivity contribution in [3.8, 4) is 5.88 Å². The van der Waals surface area contributed by atoms with E-state index in [1.165, 1.54) is 5.56 Å². The molecule has 0 aromatic carbocycles. The molecule has 2 rings (SSSR count). The van der Waals surface area contributed by atoms with Crippen LogP contribution >= 0.6 is 0 Å². The second-order valence-corrected chi connectivity index (χ2v) is 5.96. The molecule has 2 heterocycles. The van der Waals surface area contributed by atoms with Crippen LogP contribution in [0, 0.1) is 0 Å². The first-order valence-electron chi connectivity index (χ1n) is 7.81. The summed E-state index contributed by atoms with van der Waals surface area (Å²) >= 11 is 0. The summed E-state index contributed by atoms with van der Waals surface area (Å²) in [4.78, 5) is 20.3. The highest BCUT2D eigenvalue weighted by atomic mass is 16.5. The number of amides is 1. The lowest BCUT2D eigenvalue weighted by Gasteiger charge is -2.17.